The summed E-state index contributed by atoms with van der Waals surface area (Å²) in [6.45, 7) is 5.12. The van der Waals surface area contributed by atoms with Gasteiger partial charge in [0, 0.05) is 37.0 Å². The molecule has 10 heteroatoms. The number of aromatic nitrogens is 4. The zero-order valence-electron chi connectivity index (χ0n) is 19.8. The summed E-state index contributed by atoms with van der Waals surface area (Å²) in [5.41, 5.74) is 8.40. The van der Waals surface area contributed by atoms with Gasteiger partial charge in [0.25, 0.3) is 0 Å². The van der Waals surface area contributed by atoms with Crippen LogP contribution >= 0.6 is 0 Å². The molecule has 1 aliphatic rings. The molecular weight excluding hydrogens is 457 g/mol. The molecule has 1 amide bonds. The van der Waals surface area contributed by atoms with Crippen LogP contribution in [0.1, 0.15) is 60.8 Å². The van der Waals surface area contributed by atoms with Crippen LogP contribution in [-0.4, -0.2) is 37.1 Å². The first-order valence-corrected chi connectivity index (χ1v) is 11.7. The Kier molecular flexibility index (Phi) is 7.09. The van der Waals surface area contributed by atoms with Gasteiger partial charge in [0.2, 0.25) is 11.9 Å². The maximum atomic E-state index is 13.3. The molecule has 1 aromatic carbocycles. The van der Waals surface area contributed by atoms with Crippen molar-refractivity contribution in [3.8, 4) is 11.1 Å². The molecule has 0 saturated carbocycles. The number of carbonyl (C=O) groups excluding carboxylic acids is 1. The molecule has 7 nitrogen and oxygen atoms in total. The molecule has 3 aromatic rings. The number of benzene rings is 1. The summed E-state index contributed by atoms with van der Waals surface area (Å²) in [4.78, 5) is 23.5. The minimum Gasteiger partial charge on any atom is -0.368 e. The fraction of sp³-hybridized carbons (Fsp3) is 0.440. The van der Waals surface area contributed by atoms with Gasteiger partial charge in [-0.1, -0.05) is 12.1 Å². The van der Waals surface area contributed by atoms with Gasteiger partial charge in [-0.25, -0.2) is 9.97 Å². The molecule has 0 aliphatic carbocycles. The van der Waals surface area contributed by atoms with E-state index in [1.807, 2.05) is 24.6 Å². The van der Waals surface area contributed by atoms with Crippen LogP contribution in [0.3, 0.4) is 0 Å². The van der Waals surface area contributed by atoms with Crippen LogP contribution in [0.5, 0.6) is 0 Å². The number of halogens is 3. The SMILES string of the molecule is Cc1cc(C)n(CCCC(=O)N2CCCC[C@@H]2c2nc(N)ncc2-c2cccc(C(F)(F)F)c2)n1. The predicted molar refractivity (Wildman–Crippen MR) is 126 cm³/mol. The second-order valence-electron chi connectivity index (χ2n) is 8.96. The lowest BCUT2D eigenvalue weighted by atomic mass is 9.93. The Morgan fingerprint density at radius 1 is 1.20 bits per heavy atom. The highest BCUT2D eigenvalue weighted by Crippen LogP contribution is 2.38. The molecule has 2 N–H and O–H groups in total. The molecule has 186 valence electrons. The van der Waals surface area contributed by atoms with E-state index in [1.54, 1.807) is 11.0 Å². The number of nitrogen functional groups attached to an aromatic ring is 1. The van der Waals surface area contributed by atoms with Crippen LogP contribution in [0.2, 0.25) is 0 Å². The molecule has 3 heterocycles. The van der Waals surface area contributed by atoms with Crippen molar-refractivity contribution in [3.63, 3.8) is 0 Å². The Hall–Kier alpha value is -3.43. The number of aryl methyl sites for hydroxylation is 3. The van der Waals surface area contributed by atoms with Crippen LogP contribution < -0.4 is 5.73 Å². The third-order valence-electron chi connectivity index (χ3n) is 6.34. The number of piperidine rings is 1. The first kappa shape index (κ1) is 24.7. The average molecular weight is 487 g/mol. The highest BCUT2D eigenvalue weighted by Gasteiger charge is 2.33. The average Bonchev–Trinajstić information content (AvgIpc) is 3.15. The third kappa shape index (κ3) is 5.63. The van der Waals surface area contributed by atoms with E-state index in [0.29, 0.717) is 49.2 Å². The van der Waals surface area contributed by atoms with Crippen molar-refractivity contribution in [3.05, 3.63) is 59.2 Å². The molecule has 4 rings (SSSR count). The second-order valence-corrected chi connectivity index (χ2v) is 8.96. The molecule has 0 radical (unpaired) electrons. The number of nitrogens with zero attached hydrogens (tertiary/aromatic N) is 5. The van der Waals surface area contributed by atoms with Gasteiger partial charge >= 0.3 is 6.18 Å². The number of anilines is 1. The van der Waals surface area contributed by atoms with Crippen LogP contribution in [0, 0.1) is 13.8 Å². The van der Waals surface area contributed by atoms with Crippen molar-refractivity contribution in [1.29, 1.82) is 0 Å². The van der Waals surface area contributed by atoms with E-state index >= 15 is 0 Å². The highest BCUT2D eigenvalue weighted by molar-refractivity contribution is 5.77. The van der Waals surface area contributed by atoms with E-state index in [1.165, 1.54) is 12.3 Å². The third-order valence-corrected chi connectivity index (χ3v) is 6.34. The van der Waals surface area contributed by atoms with Gasteiger partial charge in [-0.15, -0.1) is 0 Å². The monoisotopic (exact) mass is 486 g/mol. The summed E-state index contributed by atoms with van der Waals surface area (Å²) < 4.78 is 41.9. The quantitative estimate of drug-likeness (QED) is 0.524. The lowest BCUT2D eigenvalue weighted by Crippen LogP contribution is -2.39. The van der Waals surface area contributed by atoms with E-state index in [-0.39, 0.29) is 17.9 Å². The molecule has 0 unspecified atom stereocenters. The number of rotatable bonds is 6. The second kappa shape index (κ2) is 10.1. The summed E-state index contributed by atoms with van der Waals surface area (Å²) in [7, 11) is 0. The molecule has 1 fully saturated rings. The lowest BCUT2D eigenvalue weighted by molar-refractivity contribution is -0.137. The number of hydrogen-bond donors (Lipinski definition) is 1. The molecule has 0 spiro atoms. The van der Waals surface area contributed by atoms with E-state index < -0.39 is 11.7 Å². The molecule has 2 aromatic heterocycles. The van der Waals surface area contributed by atoms with Gasteiger partial charge in [0.1, 0.15) is 0 Å². The van der Waals surface area contributed by atoms with Gasteiger partial charge in [-0.05, 0) is 63.3 Å². The molecular formula is C25H29F3N6O. The zero-order valence-corrected chi connectivity index (χ0v) is 19.8. The van der Waals surface area contributed by atoms with Crippen molar-refractivity contribution in [2.45, 2.75) is 64.7 Å². The van der Waals surface area contributed by atoms with Gasteiger partial charge in [-0.2, -0.15) is 18.3 Å². The predicted octanol–water partition coefficient (Wildman–Crippen LogP) is 5.09. The van der Waals surface area contributed by atoms with Crippen LogP contribution in [0.15, 0.2) is 36.5 Å². The largest absolute Gasteiger partial charge is 0.416 e. The summed E-state index contributed by atoms with van der Waals surface area (Å²) in [6, 6.07) is 6.69. The maximum Gasteiger partial charge on any atom is 0.416 e. The molecule has 1 saturated heterocycles. The molecule has 35 heavy (non-hydrogen) atoms. The van der Waals surface area contributed by atoms with Crippen molar-refractivity contribution < 1.29 is 18.0 Å². The normalized spacial score (nSPS) is 16.5. The number of carbonyl (C=O) groups is 1. The summed E-state index contributed by atoms with van der Waals surface area (Å²) >= 11 is 0. The molecule has 1 atom stereocenters. The van der Waals surface area contributed by atoms with E-state index in [0.717, 1.165) is 36.4 Å². The number of hydrogen-bond acceptors (Lipinski definition) is 5. The first-order chi connectivity index (χ1) is 16.6. The van der Waals surface area contributed by atoms with E-state index in [2.05, 4.69) is 15.1 Å². The van der Waals surface area contributed by atoms with Gasteiger partial charge in [-0.3, -0.25) is 9.48 Å². The van der Waals surface area contributed by atoms with Crippen molar-refractivity contribution in [2.24, 2.45) is 0 Å². The van der Waals surface area contributed by atoms with Gasteiger partial charge in [0.15, 0.2) is 0 Å². The smallest absolute Gasteiger partial charge is 0.368 e. The Balaban J connectivity index is 1.58. The Bertz CT molecular complexity index is 1210. The highest BCUT2D eigenvalue weighted by atomic mass is 19.4. The number of nitrogens with two attached hydrogens (primary N) is 1. The van der Waals surface area contributed by atoms with Crippen LogP contribution in [0.4, 0.5) is 19.1 Å². The van der Waals surface area contributed by atoms with E-state index in [9.17, 15) is 18.0 Å². The lowest BCUT2D eigenvalue weighted by Gasteiger charge is -2.36. The minimum atomic E-state index is -4.47. The summed E-state index contributed by atoms with van der Waals surface area (Å²) in [5.74, 6) is 0.0154. The summed E-state index contributed by atoms with van der Waals surface area (Å²) in [5, 5.41) is 4.44. The van der Waals surface area contributed by atoms with Crippen LogP contribution in [0.25, 0.3) is 11.1 Å². The summed E-state index contributed by atoms with van der Waals surface area (Å²) in [6.07, 6.45) is 0.359. The maximum absolute atomic E-state index is 13.3. The van der Waals surface area contributed by atoms with Gasteiger partial charge in [0.05, 0.1) is 23.0 Å². The molecule has 1 aliphatic heterocycles. The van der Waals surface area contributed by atoms with Crippen molar-refractivity contribution >= 4 is 11.9 Å². The zero-order chi connectivity index (χ0) is 25.2. The minimum absolute atomic E-state index is 0.0107. The number of amides is 1. The Morgan fingerprint density at radius 3 is 2.71 bits per heavy atom. The fourth-order valence-electron chi connectivity index (χ4n) is 4.69. The topological polar surface area (TPSA) is 89.9 Å². The van der Waals surface area contributed by atoms with Crippen molar-refractivity contribution in [1.82, 2.24) is 24.6 Å². The standard InChI is InChI=1S/C25H29F3N6O/c1-16-13-17(2)34(32-16)12-6-10-22(35)33-11-4-3-9-21(33)23-20(15-30-24(29)31-23)18-7-5-8-19(14-18)25(26,27)28/h5,7-8,13-15,21H,3-4,6,9-12H2,1-2H3,(H2,29,30,31)/t21-/m1/s1. The first-order valence-electron chi connectivity index (χ1n) is 11.7. The van der Waals surface area contributed by atoms with E-state index in [4.69, 9.17) is 5.73 Å². The molecule has 0 bridgehead atoms. The van der Waals surface area contributed by atoms with Crippen molar-refractivity contribution in [2.75, 3.05) is 12.3 Å². The number of likely N-dealkylation sites (tertiary alicyclic amines) is 1. The fourth-order valence-corrected chi connectivity index (χ4v) is 4.69. The Morgan fingerprint density at radius 2 is 2.00 bits per heavy atom. The number of alkyl halides is 3. The Labute approximate surface area is 202 Å². The van der Waals surface area contributed by atoms with Gasteiger partial charge < -0.3 is 10.6 Å². The van der Waals surface area contributed by atoms with Crippen LogP contribution in [-0.2, 0) is 17.5 Å².